The molecular weight excluding hydrogens is 671 g/mol. The molecule has 0 unspecified atom stereocenters. The SMILES string of the molecule is CCOC(=O)c1cnc2ccc(-c3cccn3-c3cccc(C)n3)cn12.Cc1cccc(-n2cccc2-c2ccc3ncc(C(=O)O)n3c2)n1.[Na+].[OH-]. The Balaban J connectivity index is 0.000000194. The molecule has 256 valence electrons. The third-order valence-electron chi connectivity index (χ3n) is 8.04. The summed E-state index contributed by atoms with van der Waals surface area (Å²) in [4.78, 5) is 41.0. The number of hydrogen-bond donors (Lipinski definition) is 1. The summed E-state index contributed by atoms with van der Waals surface area (Å²) in [5, 5.41) is 9.28. The number of fused-ring (bicyclic) bond motifs is 2. The van der Waals surface area contributed by atoms with Gasteiger partial charge in [0.15, 0.2) is 11.4 Å². The van der Waals surface area contributed by atoms with Crippen molar-refractivity contribution in [3.8, 4) is 34.2 Å². The number of nitrogens with zero attached hydrogens (tertiary/aromatic N) is 8. The topological polar surface area (TPSA) is 164 Å². The van der Waals surface area contributed by atoms with Crippen molar-refractivity contribution in [3.05, 3.63) is 145 Å². The van der Waals surface area contributed by atoms with Gasteiger partial charge in [-0.15, -0.1) is 0 Å². The third kappa shape index (κ3) is 7.43. The molecule has 14 heteroatoms. The fourth-order valence-corrected chi connectivity index (χ4v) is 5.74. The number of aromatic carboxylic acids is 1. The zero-order valence-corrected chi connectivity index (χ0v) is 31.0. The number of aryl methyl sites for hydroxylation is 2. The van der Waals surface area contributed by atoms with Crippen LogP contribution in [0.25, 0.3) is 45.4 Å². The summed E-state index contributed by atoms with van der Waals surface area (Å²) >= 11 is 0. The van der Waals surface area contributed by atoms with Gasteiger partial charge in [-0.05, 0) is 93.6 Å². The Morgan fingerprint density at radius 1 is 0.673 bits per heavy atom. The average Bonchev–Trinajstić information content (AvgIpc) is 3.94. The van der Waals surface area contributed by atoms with E-state index in [0.29, 0.717) is 23.6 Å². The van der Waals surface area contributed by atoms with Crippen LogP contribution in [-0.2, 0) is 4.74 Å². The van der Waals surface area contributed by atoms with Gasteiger partial charge >= 0.3 is 41.5 Å². The maximum atomic E-state index is 12.1. The Bertz CT molecular complexity index is 2510. The van der Waals surface area contributed by atoms with E-state index in [9.17, 15) is 14.7 Å². The Morgan fingerprint density at radius 2 is 1.15 bits per heavy atom. The van der Waals surface area contributed by atoms with E-state index in [1.807, 2.05) is 127 Å². The molecular formula is C38H33N8NaO5. The standard InChI is InChI=1S/C20H18N4O2.C18H14N4O2.Na.H2O/c1-3-26-20(25)17-12-21-18-10-9-15(13-24(17)18)16-7-5-11-23(16)19-8-4-6-14(2)22-19;1-12-4-2-6-17(20-12)21-9-3-5-14(21)13-7-8-16-19-10-15(18(23)24)22(16)11-13;;/h4-13H,3H2,1-2H3;2-11H,1H3,(H,23,24);;1H2/q;;+1;/p-1. The van der Waals surface area contributed by atoms with Crippen LogP contribution in [0.15, 0.2) is 122 Å². The van der Waals surface area contributed by atoms with Crippen LogP contribution in [0.2, 0.25) is 0 Å². The van der Waals surface area contributed by atoms with Crippen molar-refractivity contribution in [2.75, 3.05) is 6.61 Å². The summed E-state index contributed by atoms with van der Waals surface area (Å²) in [5.41, 5.74) is 7.49. The first-order valence-electron chi connectivity index (χ1n) is 15.9. The number of esters is 1. The van der Waals surface area contributed by atoms with Crippen LogP contribution in [0.1, 0.15) is 39.3 Å². The molecule has 0 spiro atoms. The molecule has 0 atom stereocenters. The predicted molar refractivity (Wildman–Crippen MR) is 190 cm³/mol. The summed E-state index contributed by atoms with van der Waals surface area (Å²) < 4.78 is 12.5. The Kier molecular flexibility index (Phi) is 11.5. The van der Waals surface area contributed by atoms with Crippen molar-refractivity contribution in [3.63, 3.8) is 0 Å². The van der Waals surface area contributed by atoms with E-state index in [1.54, 1.807) is 21.9 Å². The maximum Gasteiger partial charge on any atom is 1.00 e. The number of carboxylic acids is 1. The van der Waals surface area contributed by atoms with Gasteiger partial charge in [-0.2, -0.15) is 0 Å². The number of aromatic nitrogens is 8. The van der Waals surface area contributed by atoms with Crippen molar-refractivity contribution in [2.24, 2.45) is 0 Å². The second-order valence-electron chi connectivity index (χ2n) is 11.4. The molecule has 0 saturated carbocycles. The minimum absolute atomic E-state index is 0. The van der Waals surface area contributed by atoms with Crippen molar-refractivity contribution in [2.45, 2.75) is 20.8 Å². The van der Waals surface area contributed by atoms with E-state index in [4.69, 9.17) is 4.74 Å². The van der Waals surface area contributed by atoms with Crippen LogP contribution >= 0.6 is 0 Å². The van der Waals surface area contributed by atoms with E-state index in [-0.39, 0.29) is 46.7 Å². The molecule has 2 N–H and O–H groups in total. The first-order chi connectivity index (χ1) is 24.3. The van der Waals surface area contributed by atoms with Gasteiger partial charge in [0.25, 0.3) is 0 Å². The van der Waals surface area contributed by atoms with Crippen LogP contribution in [0.4, 0.5) is 0 Å². The number of ether oxygens (including phenoxy) is 1. The molecule has 0 aliphatic carbocycles. The Hall–Kier alpha value is -5.86. The normalized spacial score (nSPS) is 10.6. The smallest absolute Gasteiger partial charge is 0.870 e. The van der Waals surface area contributed by atoms with Gasteiger partial charge in [-0.3, -0.25) is 8.80 Å². The van der Waals surface area contributed by atoms with Crippen molar-refractivity contribution < 1.29 is 54.5 Å². The van der Waals surface area contributed by atoms with Crippen LogP contribution in [0.5, 0.6) is 0 Å². The molecule has 0 aliphatic heterocycles. The number of carbonyl (C=O) groups excluding carboxylic acids is 1. The zero-order chi connectivity index (χ0) is 34.8. The van der Waals surface area contributed by atoms with Crippen LogP contribution < -0.4 is 29.6 Å². The molecule has 0 bridgehead atoms. The van der Waals surface area contributed by atoms with E-state index in [0.717, 1.165) is 45.5 Å². The first-order valence-corrected chi connectivity index (χ1v) is 15.9. The third-order valence-corrected chi connectivity index (χ3v) is 8.04. The molecule has 0 aromatic carbocycles. The van der Waals surface area contributed by atoms with Crippen molar-refractivity contribution >= 4 is 23.2 Å². The second kappa shape index (κ2) is 16.0. The van der Waals surface area contributed by atoms with Crippen LogP contribution in [0, 0.1) is 13.8 Å². The molecule has 8 aromatic rings. The van der Waals surface area contributed by atoms with Crippen molar-refractivity contribution in [1.82, 2.24) is 37.9 Å². The van der Waals surface area contributed by atoms with Gasteiger partial charge < -0.3 is 24.5 Å². The summed E-state index contributed by atoms with van der Waals surface area (Å²) in [5.74, 6) is 0.281. The summed E-state index contributed by atoms with van der Waals surface area (Å²) in [7, 11) is 0. The Labute approximate surface area is 320 Å². The fourth-order valence-electron chi connectivity index (χ4n) is 5.74. The molecule has 0 aliphatic rings. The number of hydrogen-bond acceptors (Lipinski definition) is 8. The van der Waals surface area contributed by atoms with Gasteiger partial charge in [-0.25, -0.2) is 29.5 Å². The van der Waals surface area contributed by atoms with E-state index >= 15 is 0 Å². The number of carboxylic acid groups (broad SMARTS) is 1. The minimum atomic E-state index is -1.00. The zero-order valence-electron chi connectivity index (χ0n) is 29.0. The summed E-state index contributed by atoms with van der Waals surface area (Å²) in [6.07, 6.45) is 10.5. The molecule has 52 heavy (non-hydrogen) atoms. The first kappa shape index (κ1) is 37.4. The van der Waals surface area contributed by atoms with Gasteiger partial charge in [0.1, 0.15) is 22.9 Å². The number of rotatable bonds is 7. The average molecular weight is 705 g/mol. The fraction of sp³-hybridized carbons (Fsp3) is 0.105. The van der Waals surface area contributed by atoms with E-state index in [2.05, 4.69) is 19.9 Å². The van der Waals surface area contributed by atoms with Crippen LogP contribution in [-0.4, -0.2) is 67.0 Å². The molecule has 8 rings (SSSR count). The van der Waals surface area contributed by atoms with Gasteiger partial charge in [0.2, 0.25) is 0 Å². The van der Waals surface area contributed by atoms with Gasteiger partial charge in [-0.1, -0.05) is 12.1 Å². The molecule has 8 aromatic heterocycles. The molecule has 13 nitrogen and oxygen atoms in total. The molecule has 8 heterocycles. The van der Waals surface area contributed by atoms with E-state index < -0.39 is 5.97 Å². The van der Waals surface area contributed by atoms with Gasteiger partial charge in [0.05, 0.1) is 30.4 Å². The number of imidazole rings is 2. The number of pyridine rings is 4. The van der Waals surface area contributed by atoms with E-state index in [1.165, 1.54) is 12.4 Å². The van der Waals surface area contributed by atoms with Gasteiger partial charge in [0, 0.05) is 47.3 Å². The minimum Gasteiger partial charge on any atom is -0.870 e. The summed E-state index contributed by atoms with van der Waals surface area (Å²) in [6.45, 7) is 6.03. The quantitative estimate of drug-likeness (QED) is 0.193. The molecule has 0 radical (unpaired) electrons. The largest absolute Gasteiger partial charge is 1.00 e. The number of carbonyl (C=O) groups is 2. The molecule has 0 saturated heterocycles. The second-order valence-corrected chi connectivity index (χ2v) is 11.4. The summed E-state index contributed by atoms with van der Waals surface area (Å²) in [6, 6.07) is 27.3. The van der Waals surface area contributed by atoms with Crippen molar-refractivity contribution in [1.29, 1.82) is 0 Å². The maximum absolute atomic E-state index is 12.1. The molecule has 0 fully saturated rings. The monoisotopic (exact) mass is 704 g/mol. The predicted octanol–water partition coefficient (Wildman–Crippen LogP) is 3.69. The molecule has 0 amide bonds. The Morgan fingerprint density at radius 3 is 1.62 bits per heavy atom. The van der Waals surface area contributed by atoms with Crippen LogP contribution in [0.3, 0.4) is 0 Å².